The van der Waals surface area contributed by atoms with Gasteiger partial charge in [-0.25, -0.2) is 0 Å². The molecule has 0 unspecified atom stereocenters. The summed E-state index contributed by atoms with van der Waals surface area (Å²) >= 11 is 0. The second-order valence-corrected chi connectivity index (χ2v) is 3.91. The van der Waals surface area contributed by atoms with Crippen molar-refractivity contribution in [2.45, 2.75) is 19.8 Å². The third kappa shape index (κ3) is 7.13. The van der Waals surface area contributed by atoms with Crippen LogP contribution < -0.4 is 11.1 Å². The SMILES string of the molecule is CC(=O)N(/C=C(/C#N)C(=O)NCCCC(=O)O)CCN. The van der Waals surface area contributed by atoms with Gasteiger partial charge in [0.25, 0.3) is 5.91 Å². The van der Waals surface area contributed by atoms with Gasteiger partial charge >= 0.3 is 5.97 Å². The van der Waals surface area contributed by atoms with E-state index in [-0.39, 0.29) is 44.0 Å². The number of aliphatic carboxylic acids is 1. The number of nitriles is 1. The van der Waals surface area contributed by atoms with Crippen molar-refractivity contribution in [1.82, 2.24) is 10.2 Å². The highest BCUT2D eigenvalue weighted by atomic mass is 16.4. The lowest BCUT2D eigenvalue weighted by molar-refractivity contribution is -0.137. The molecule has 110 valence electrons. The molecule has 0 bridgehead atoms. The van der Waals surface area contributed by atoms with Crippen molar-refractivity contribution in [2.75, 3.05) is 19.6 Å². The largest absolute Gasteiger partial charge is 0.481 e. The second-order valence-electron chi connectivity index (χ2n) is 3.91. The fraction of sp³-hybridized carbons (Fsp3) is 0.500. The van der Waals surface area contributed by atoms with Gasteiger partial charge in [0.05, 0.1) is 0 Å². The van der Waals surface area contributed by atoms with Crippen LogP contribution in [0.5, 0.6) is 0 Å². The maximum absolute atomic E-state index is 11.7. The summed E-state index contributed by atoms with van der Waals surface area (Å²) in [6, 6.07) is 1.69. The van der Waals surface area contributed by atoms with Crippen LogP contribution in [0.1, 0.15) is 19.8 Å². The first-order chi connectivity index (χ1) is 9.42. The molecule has 0 aromatic heterocycles. The molecular formula is C12H18N4O4. The highest BCUT2D eigenvalue weighted by Gasteiger charge is 2.12. The average Bonchev–Trinajstić information content (AvgIpc) is 2.38. The predicted molar refractivity (Wildman–Crippen MR) is 70.0 cm³/mol. The number of nitrogens with one attached hydrogen (secondary N) is 1. The first-order valence-electron chi connectivity index (χ1n) is 6.01. The van der Waals surface area contributed by atoms with Crippen LogP contribution in [0.15, 0.2) is 11.8 Å². The van der Waals surface area contributed by atoms with Gasteiger partial charge in [-0.2, -0.15) is 5.26 Å². The van der Waals surface area contributed by atoms with Gasteiger partial charge in [0, 0.05) is 39.2 Å². The summed E-state index contributed by atoms with van der Waals surface area (Å²) in [5.74, 6) is -1.94. The van der Waals surface area contributed by atoms with Crippen molar-refractivity contribution in [1.29, 1.82) is 5.26 Å². The van der Waals surface area contributed by atoms with E-state index in [2.05, 4.69) is 5.32 Å². The normalized spacial score (nSPS) is 10.6. The molecule has 0 saturated carbocycles. The average molecular weight is 282 g/mol. The van der Waals surface area contributed by atoms with Gasteiger partial charge in [0.2, 0.25) is 5.91 Å². The van der Waals surface area contributed by atoms with Crippen LogP contribution in [0.3, 0.4) is 0 Å². The Bertz CT molecular complexity index is 439. The lowest BCUT2D eigenvalue weighted by atomic mass is 10.2. The number of carboxylic acids is 1. The van der Waals surface area contributed by atoms with Crippen LogP contribution in [-0.4, -0.2) is 47.4 Å². The Morgan fingerprint density at radius 2 is 2.10 bits per heavy atom. The van der Waals surface area contributed by atoms with Crippen LogP contribution in [0.4, 0.5) is 0 Å². The van der Waals surface area contributed by atoms with Crippen molar-refractivity contribution < 1.29 is 19.5 Å². The van der Waals surface area contributed by atoms with Crippen molar-refractivity contribution in [2.24, 2.45) is 5.73 Å². The molecular weight excluding hydrogens is 264 g/mol. The molecule has 0 aromatic rings. The summed E-state index contributed by atoms with van der Waals surface area (Å²) in [6.45, 7) is 1.84. The molecule has 8 nitrogen and oxygen atoms in total. The number of nitrogens with zero attached hydrogens (tertiary/aromatic N) is 2. The number of carboxylic acid groups (broad SMARTS) is 1. The van der Waals surface area contributed by atoms with Gasteiger partial charge in [-0.15, -0.1) is 0 Å². The molecule has 20 heavy (non-hydrogen) atoms. The summed E-state index contributed by atoms with van der Waals surface area (Å²) in [5.41, 5.74) is 5.09. The molecule has 0 heterocycles. The Morgan fingerprint density at radius 1 is 1.45 bits per heavy atom. The number of amides is 2. The Morgan fingerprint density at radius 3 is 2.55 bits per heavy atom. The molecule has 0 aliphatic carbocycles. The fourth-order valence-corrected chi connectivity index (χ4v) is 1.28. The second kappa shape index (κ2) is 9.52. The third-order valence-electron chi connectivity index (χ3n) is 2.28. The predicted octanol–water partition coefficient (Wildman–Crippen LogP) is -0.818. The Balaban J connectivity index is 4.56. The Hall–Kier alpha value is -2.40. The van der Waals surface area contributed by atoms with Crippen molar-refractivity contribution in [3.8, 4) is 6.07 Å². The molecule has 8 heteroatoms. The van der Waals surface area contributed by atoms with E-state index in [1.54, 1.807) is 6.07 Å². The summed E-state index contributed by atoms with van der Waals surface area (Å²) in [5, 5.41) is 19.8. The molecule has 4 N–H and O–H groups in total. The van der Waals surface area contributed by atoms with Crippen LogP contribution in [0, 0.1) is 11.3 Å². The molecule has 0 aromatic carbocycles. The van der Waals surface area contributed by atoms with Crippen molar-refractivity contribution in [3.63, 3.8) is 0 Å². The van der Waals surface area contributed by atoms with E-state index < -0.39 is 11.9 Å². The summed E-state index contributed by atoms with van der Waals surface area (Å²) in [6.07, 6.45) is 1.33. The summed E-state index contributed by atoms with van der Waals surface area (Å²) in [4.78, 5) is 34.4. The monoisotopic (exact) mass is 282 g/mol. The van der Waals surface area contributed by atoms with Crippen LogP contribution in [0.2, 0.25) is 0 Å². The summed E-state index contributed by atoms with van der Waals surface area (Å²) < 4.78 is 0. The highest BCUT2D eigenvalue weighted by Crippen LogP contribution is 1.99. The van der Waals surface area contributed by atoms with Gasteiger partial charge in [-0.05, 0) is 6.42 Å². The van der Waals surface area contributed by atoms with E-state index in [4.69, 9.17) is 16.1 Å². The maximum Gasteiger partial charge on any atom is 0.303 e. The van der Waals surface area contributed by atoms with Gasteiger partial charge < -0.3 is 21.1 Å². The van der Waals surface area contributed by atoms with Crippen LogP contribution in [0.25, 0.3) is 0 Å². The summed E-state index contributed by atoms with van der Waals surface area (Å²) in [7, 11) is 0. The molecule has 0 rings (SSSR count). The molecule has 0 aliphatic heterocycles. The van der Waals surface area contributed by atoms with Gasteiger partial charge in [-0.1, -0.05) is 0 Å². The van der Waals surface area contributed by atoms with Gasteiger partial charge in [0.1, 0.15) is 11.6 Å². The van der Waals surface area contributed by atoms with Crippen molar-refractivity contribution in [3.05, 3.63) is 11.8 Å². The molecule has 0 aliphatic rings. The molecule has 2 amide bonds. The Kier molecular flexibility index (Phi) is 8.38. The fourth-order valence-electron chi connectivity index (χ4n) is 1.28. The highest BCUT2D eigenvalue weighted by molar-refractivity contribution is 5.97. The van der Waals surface area contributed by atoms with E-state index in [0.717, 1.165) is 6.20 Å². The number of carbonyl (C=O) groups excluding carboxylic acids is 2. The minimum Gasteiger partial charge on any atom is -0.481 e. The lowest BCUT2D eigenvalue weighted by Gasteiger charge is -2.15. The van der Waals surface area contributed by atoms with E-state index in [1.807, 2.05) is 0 Å². The van der Waals surface area contributed by atoms with E-state index in [0.29, 0.717) is 0 Å². The van der Waals surface area contributed by atoms with Crippen molar-refractivity contribution >= 4 is 17.8 Å². The molecule has 0 spiro atoms. The zero-order chi connectivity index (χ0) is 15.5. The molecule has 0 radical (unpaired) electrons. The lowest BCUT2D eigenvalue weighted by Crippen LogP contribution is -2.32. The minimum atomic E-state index is -0.957. The number of hydrogen-bond donors (Lipinski definition) is 3. The topological polar surface area (TPSA) is 137 Å². The van der Waals surface area contributed by atoms with E-state index in [9.17, 15) is 14.4 Å². The smallest absolute Gasteiger partial charge is 0.303 e. The number of carbonyl (C=O) groups is 3. The number of hydrogen-bond acceptors (Lipinski definition) is 5. The first-order valence-corrected chi connectivity index (χ1v) is 6.01. The minimum absolute atomic E-state index is 0.0708. The van der Waals surface area contributed by atoms with E-state index in [1.165, 1.54) is 11.8 Å². The van der Waals surface area contributed by atoms with Gasteiger partial charge in [0.15, 0.2) is 0 Å². The van der Waals surface area contributed by atoms with E-state index >= 15 is 0 Å². The van der Waals surface area contributed by atoms with Crippen LogP contribution in [-0.2, 0) is 14.4 Å². The number of rotatable bonds is 8. The van der Waals surface area contributed by atoms with Crippen LogP contribution >= 0.6 is 0 Å². The molecule has 0 fully saturated rings. The molecule has 0 saturated heterocycles. The Labute approximate surface area is 116 Å². The quantitative estimate of drug-likeness (QED) is 0.302. The standard InChI is InChI=1S/C12H18N4O4/c1-9(17)16(6-4-13)8-10(7-14)12(20)15-5-2-3-11(18)19/h8H,2-6,13H2,1H3,(H,15,20)(H,18,19)/b10-8-. The third-order valence-corrected chi connectivity index (χ3v) is 2.28. The first kappa shape index (κ1) is 17.6. The zero-order valence-corrected chi connectivity index (χ0v) is 11.3. The maximum atomic E-state index is 11.7. The zero-order valence-electron chi connectivity index (χ0n) is 11.3. The van der Waals surface area contributed by atoms with Gasteiger partial charge in [-0.3, -0.25) is 14.4 Å². The molecule has 0 atom stereocenters. The number of nitrogens with two attached hydrogens (primary N) is 1.